The van der Waals surface area contributed by atoms with Crippen LogP contribution in [0.2, 0.25) is 5.02 Å². The molecule has 5 nitrogen and oxygen atoms in total. The Kier molecular flexibility index (Phi) is 5.70. The number of rotatable bonds is 4. The second-order valence-electron chi connectivity index (χ2n) is 7.35. The number of nitrogens with one attached hydrogen (secondary N) is 1. The first-order valence-electron chi connectivity index (χ1n) is 8.77. The maximum absolute atomic E-state index is 13.1. The zero-order valence-electron chi connectivity index (χ0n) is 15.9. The highest BCUT2D eigenvalue weighted by Crippen LogP contribution is 2.25. The van der Waals surface area contributed by atoms with E-state index in [1.807, 2.05) is 39.1 Å². The lowest BCUT2D eigenvalue weighted by atomic mass is 10.1. The number of nitrogens with zero attached hydrogens (tertiary/aromatic N) is 2. The highest BCUT2D eigenvalue weighted by Gasteiger charge is 2.16. The molecule has 0 spiro atoms. The van der Waals surface area contributed by atoms with Crippen molar-refractivity contribution in [2.45, 2.75) is 32.9 Å². The lowest BCUT2D eigenvalue weighted by molar-refractivity contribution is 0.0523. The monoisotopic (exact) mass is 401 g/mol. The molecule has 146 valence electrons. The summed E-state index contributed by atoms with van der Waals surface area (Å²) in [5, 5.41) is 7.60. The van der Waals surface area contributed by atoms with Crippen LogP contribution in [0.15, 0.2) is 54.9 Å². The van der Waals surface area contributed by atoms with Gasteiger partial charge in [0.1, 0.15) is 11.4 Å². The summed E-state index contributed by atoms with van der Waals surface area (Å²) in [5.74, 6) is -0.298. The molecule has 0 bridgehead atoms. The van der Waals surface area contributed by atoms with Gasteiger partial charge in [-0.25, -0.2) is 13.9 Å². The third kappa shape index (κ3) is 5.33. The molecular formula is C21H21ClFN3O2. The van der Waals surface area contributed by atoms with E-state index in [-0.39, 0.29) is 12.4 Å². The zero-order chi connectivity index (χ0) is 20.3. The molecule has 0 aliphatic heterocycles. The van der Waals surface area contributed by atoms with Crippen LogP contribution in [0.3, 0.4) is 0 Å². The molecule has 0 fully saturated rings. The Morgan fingerprint density at radius 3 is 2.57 bits per heavy atom. The summed E-state index contributed by atoms with van der Waals surface area (Å²) >= 11 is 6.25. The molecule has 0 aliphatic carbocycles. The number of hydrogen-bond donors (Lipinski definition) is 1. The molecule has 1 N–H and O–H groups in total. The molecule has 0 saturated heterocycles. The number of carbonyl (C=O) groups excluding carboxylic acids is 1. The van der Waals surface area contributed by atoms with Gasteiger partial charge < -0.3 is 10.1 Å². The Balaban J connectivity index is 1.76. The van der Waals surface area contributed by atoms with Gasteiger partial charge in [0.25, 0.3) is 0 Å². The molecule has 1 amide bonds. The van der Waals surface area contributed by atoms with Crippen LogP contribution in [0.5, 0.6) is 0 Å². The fourth-order valence-corrected chi connectivity index (χ4v) is 2.87. The maximum Gasteiger partial charge on any atom is 0.407 e. The molecule has 0 aliphatic rings. The lowest BCUT2D eigenvalue weighted by Gasteiger charge is -2.19. The first-order valence-corrected chi connectivity index (χ1v) is 9.15. The smallest absolute Gasteiger partial charge is 0.407 e. The van der Waals surface area contributed by atoms with E-state index in [1.54, 1.807) is 29.1 Å². The van der Waals surface area contributed by atoms with E-state index in [0.717, 1.165) is 22.4 Å². The van der Waals surface area contributed by atoms with Crippen molar-refractivity contribution in [3.8, 4) is 16.8 Å². The number of benzene rings is 2. The molecule has 2 aromatic carbocycles. The summed E-state index contributed by atoms with van der Waals surface area (Å²) in [6, 6.07) is 11.6. The quantitative estimate of drug-likeness (QED) is 0.640. The highest BCUT2D eigenvalue weighted by molar-refractivity contribution is 6.31. The molecule has 28 heavy (non-hydrogen) atoms. The standard InChI is InChI=1S/C21H21ClFN3O2/c1-21(2,3)28-20(27)24-11-14-8-15(10-17(22)9-14)16-12-25-26(13-16)19-6-4-18(23)5-7-19/h4-10,12-13H,11H2,1-3H3,(H,24,27). The summed E-state index contributed by atoms with van der Waals surface area (Å²) in [6.45, 7) is 5.71. The lowest BCUT2D eigenvalue weighted by Crippen LogP contribution is -2.32. The van der Waals surface area contributed by atoms with Gasteiger partial charge in [0.05, 0.1) is 11.9 Å². The molecular weight excluding hydrogens is 381 g/mol. The molecule has 3 aromatic rings. The number of amides is 1. The van der Waals surface area contributed by atoms with E-state index < -0.39 is 11.7 Å². The summed E-state index contributed by atoms with van der Waals surface area (Å²) < 4.78 is 20.0. The van der Waals surface area contributed by atoms with E-state index in [0.29, 0.717) is 5.02 Å². The van der Waals surface area contributed by atoms with Crippen LogP contribution in [0.1, 0.15) is 26.3 Å². The van der Waals surface area contributed by atoms with Crippen molar-refractivity contribution in [3.05, 3.63) is 71.3 Å². The van der Waals surface area contributed by atoms with Crippen LogP contribution < -0.4 is 5.32 Å². The van der Waals surface area contributed by atoms with Crippen molar-refractivity contribution >= 4 is 17.7 Å². The molecule has 1 aromatic heterocycles. The molecule has 0 saturated carbocycles. The second-order valence-corrected chi connectivity index (χ2v) is 7.79. The summed E-state index contributed by atoms with van der Waals surface area (Å²) in [6.07, 6.45) is 3.06. The molecule has 0 unspecified atom stereocenters. The van der Waals surface area contributed by atoms with Gasteiger partial charge in [-0.1, -0.05) is 11.6 Å². The van der Waals surface area contributed by atoms with Gasteiger partial charge >= 0.3 is 6.09 Å². The zero-order valence-corrected chi connectivity index (χ0v) is 16.6. The van der Waals surface area contributed by atoms with Crippen LogP contribution in [0, 0.1) is 5.82 Å². The van der Waals surface area contributed by atoms with E-state index in [9.17, 15) is 9.18 Å². The molecule has 0 radical (unpaired) electrons. The predicted molar refractivity (Wildman–Crippen MR) is 107 cm³/mol. The topological polar surface area (TPSA) is 56.1 Å². The first kappa shape index (κ1) is 19.9. The third-order valence-corrected chi connectivity index (χ3v) is 4.02. The van der Waals surface area contributed by atoms with Crippen LogP contribution in [-0.2, 0) is 11.3 Å². The Morgan fingerprint density at radius 1 is 1.18 bits per heavy atom. The fourth-order valence-electron chi connectivity index (χ4n) is 2.61. The van der Waals surface area contributed by atoms with Gasteiger partial charge in [-0.3, -0.25) is 0 Å². The van der Waals surface area contributed by atoms with E-state index in [4.69, 9.17) is 16.3 Å². The fraction of sp³-hybridized carbons (Fsp3) is 0.238. The number of hydrogen-bond acceptors (Lipinski definition) is 3. The van der Waals surface area contributed by atoms with Crippen LogP contribution in [-0.4, -0.2) is 21.5 Å². The third-order valence-electron chi connectivity index (χ3n) is 3.80. The van der Waals surface area contributed by atoms with E-state index in [2.05, 4.69) is 10.4 Å². The Labute approximate surface area is 168 Å². The van der Waals surface area contributed by atoms with Crippen molar-refractivity contribution in [2.24, 2.45) is 0 Å². The van der Waals surface area contributed by atoms with Crippen LogP contribution >= 0.6 is 11.6 Å². The second kappa shape index (κ2) is 8.02. The number of carbonyl (C=O) groups is 1. The normalized spacial score (nSPS) is 11.3. The van der Waals surface area contributed by atoms with Crippen LogP contribution in [0.25, 0.3) is 16.8 Å². The molecule has 0 atom stereocenters. The SMILES string of the molecule is CC(C)(C)OC(=O)NCc1cc(Cl)cc(-c2cnn(-c3ccc(F)cc3)c2)c1. The summed E-state index contributed by atoms with van der Waals surface area (Å²) in [7, 11) is 0. The van der Waals surface area contributed by atoms with Gasteiger partial charge in [-0.2, -0.15) is 5.10 Å². The van der Waals surface area contributed by atoms with Gasteiger partial charge in [0.2, 0.25) is 0 Å². The van der Waals surface area contributed by atoms with Crippen LogP contribution in [0.4, 0.5) is 9.18 Å². The van der Waals surface area contributed by atoms with Crippen molar-refractivity contribution in [2.75, 3.05) is 0 Å². The molecule has 7 heteroatoms. The number of halogens is 2. The van der Waals surface area contributed by atoms with E-state index >= 15 is 0 Å². The van der Waals surface area contributed by atoms with Crippen molar-refractivity contribution in [1.29, 1.82) is 0 Å². The molecule has 3 rings (SSSR count). The van der Waals surface area contributed by atoms with Gasteiger partial charge in [0.15, 0.2) is 0 Å². The van der Waals surface area contributed by atoms with Crippen molar-refractivity contribution < 1.29 is 13.9 Å². The summed E-state index contributed by atoms with van der Waals surface area (Å²) in [4.78, 5) is 11.8. The van der Waals surface area contributed by atoms with Gasteiger partial charge in [-0.05, 0) is 74.4 Å². The number of ether oxygens (including phenoxy) is 1. The van der Waals surface area contributed by atoms with Crippen molar-refractivity contribution in [1.82, 2.24) is 15.1 Å². The van der Waals surface area contributed by atoms with Gasteiger partial charge in [-0.15, -0.1) is 0 Å². The van der Waals surface area contributed by atoms with E-state index in [1.165, 1.54) is 12.1 Å². The van der Waals surface area contributed by atoms with Gasteiger partial charge in [0, 0.05) is 23.3 Å². The first-order chi connectivity index (χ1) is 13.2. The van der Waals surface area contributed by atoms with Crippen molar-refractivity contribution in [3.63, 3.8) is 0 Å². The minimum absolute atomic E-state index is 0.286. The average molecular weight is 402 g/mol. The predicted octanol–water partition coefficient (Wildman–Crippen LogP) is 5.36. The maximum atomic E-state index is 13.1. The largest absolute Gasteiger partial charge is 0.444 e. The minimum Gasteiger partial charge on any atom is -0.444 e. The Bertz CT molecular complexity index is 978. The number of aromatic nitrogens is 2. The Morgan fingerprint density at radius 2 is 1.89 bits per heavy atom. The Hall–Kier alpha value is -2.86. The average Bonchev–Trinajstić information content (AvgIpc) is 3.09. The minimum atomic E-state index is -0.557. The summed E-state index contributed by atoms with van der Waals surface area (Å²) in [5.41, 5.74) is 2.75. The molecule has 1 heterocycles. The highest BCUT2D eigenvalue weighted by atomic mass is 35.5. The number of alkyl carbamates (subject to hydrolysis) is 1.